The van der Waals surface area contributed by atoms with E-state index in [4.69, 9.17) is 4.74 Å². The fourth-order valence-corrected chi connectivity index (χ4v) is 2.35. The minimum Gasteiger partial charge on any atom is -0.497 e. The molecule has 2 aliphatic rings. The van der Waals surface area contributed by atoms with Crippen LogP contribution in [-0.4, -0.2) is 19.0 Å². The van der Waals surface area contributed by atoms with Crippen molar-refractivity contribution in [2.45, 2.75) is 11.8 Å². The number of benzene rings is 1. The van der Waals surface area contributed by atoms with E-state index in [0.717, 1.165) is 11.3 Å². The van der Waals surface area contributed by atoms with E-state index in [1.807, 2.05) is 12.1 Å². The molecule has 2 atom stereocenters. The number of ether oxygens (including phenoxy) is 2. The Hall–Kier alpha value is -1.84. The summed E-state index contributed by atoms with van der Waals surface area (Å²) in [6, 6.07) is 7.21. The van der Waals surface area contributed by atoms with Gasteiger partial charge in [-0.15, -0.1) is 0 Å². The van der Waals surface area contributed by atoms with E-state index in [-0.39, 0.29) is 11.9 Å². The molecule has 1 aliphatic heterocycles. The minimum atomic E-state index is -0.691. The molecule has 0 N–H and O–H groups in total. The summed E-state index contributed by atoms with van der Waals surface area (Å²) in [5, 5.41) is 0. The molecular weight excluding hydrogens is 208 g/mol. The lowest BCUT2D eigenvalue weighted by Gasteiger charge is -2.09. The van der Waals surface area contributed by atoms with Crippen LogP contribution >= 0.6 is 0 Å². The zero-order valence-corrected chi connectivity index (χ0v) is 8.73. The van der Waals surface area contributed by atoms with Crippen LogP contribution in [0.4, 0.5) is 0 Å². The van der Waals surface area contributed by atoms with Crippen LogP contribution in [0.15, 0.2) is 24.3 Å². The third kappa shape index (κ3) is 0.988. The highest BCUT2D eigenvalue weighted by atomic mass is 16.6. The van der Waals surface area contributed by atoms with Gasteiger partial charge in [0.15, 0.2) is 0 Å². The monoisotopic (exact) mass is 218 g/mol. The van der Waals surface area contributed by atoms with E-state index in [9.17, 15) is 9.59 Å². The Morgan fingerprint density at radius 1 is 1.31 bits per heavy atom. The molecule has 2 unspecified atom stereocenters. The van der Waals surface area contributed by atoms with Crippen LogP contribution in [0.25, 0.3) is 0 Å². The first kappa shape index (κ1) is 9.39. The molecule has 1 heterocycles. The number of cyclic esters (lactones) is 2. The van der Waals surface area contributed by atoms with Crippen molar-refractivity contribution in [2.75, 3.05) is 7.11 Å². The lowest BCUT2D eigenvalue weighted by atomic mass is 9.95. The Kier molecular flexibility index (Phi) is 1.67. The Balaban J connectivity index is 1.99. The highest BCUT2D eigenvalue weighted by Crippen LogP contribution is 2.59. The molecule has 2 fully saturated rings. The minimum absolute atomic E-state index is 0.270. The summed E-state index contributed by atoms with van der Waals surface area (Å²) < 4.78 is 9.67. The van der Waals surface area contributed by atoms with E-state index >= 15 is 0 Å². The molecule has 1 saturated carbocycles. The fourth-order valence-electron chi connectivity index (χ4n) is 2.35. The molecule has 0 bridgehead atoms. The fraction of sp³-hybridized carbons (Fsp3) is 0.333. The number of hydrogen-bond donors (Lipinski definition) is 0. The first-order chi connectivity index (χ1) is 7.68. The molecule has 0 radical (unpaired) electrons. The van der Waals surface area contributed by atoms with E-state index < -0.39 is 11.4 Å². The van der Waals surface area contributed by atoms with Crippen LogP contribution in [0.2, 0.25) is 0 Å². The van der Waals surface area contributed by atoms with E-state index in [2.05, 4.69) is 4.74 Å². The smallest absolute Gasteiger partial charge is 0.325 e. The zero-order valence-electron chi connectivity index (χ0n) is 8.73. The Morgan fingerprint density at radius 2 is 2.00 bits per heavy atom. The van der Waals surface area contributed by atoms with Gasteiger partial charge >= 0.3 is 11.9 Å². The number of rotatable bonds is 2. The molecule has 1 aliphatic carbocycles. The van der Waals surface area contributed by atoms with Crippen molar-refractivity contribution in [3.63, 3.8) is 0 Å². The van der Waals surface area contributed by atoms with Crippen molar-refractivity contribution < 1.29 is 19.1 Å². The molecule has 16 heavy (non-hydrogen) atoms. The van der Waals surface area contributed by atoms with Gasteiger partial charge in [-0.05, 0) is 24.1 Å². The highest BCUT2D eigenvalue weighted by molar-refractivity contribution is 6.07. The Morgan fingerprint density at radius 3 is 2.44 bits per heavy atom. The first-order valence-electron chi connectivity index (χ1n) is 5.09. The Labute approximate surface area is 92.2 Å². The van der Waals surface area contributed by atoms with Crippen molar-refractivity contribution in [2.24, 2.45) is 5.92 Å². The zero-order chi connectivity index (χ0) is 11.3. The summed E-state index contributed by atoms with van der Waals surface area (Å²) in [6.07, 6.45) is 0.580. The van der Waals surface area contributed by atoms with Gasteiger partial charge in [0.25, 0.3) is 0 Å². The Bertz CT molecular complexity index is 476. The van der Waals surface area contributed by atoms with Crippen molar-refractivity contribution in [1.29, 1.82) is 0 Å². The maximum absolute atomic E-state index is 11.6. The summed E-state index contributed by atoms with van der Waals surface area (Å²) in [6.45, 7) is 0. The maximum atomic E-state index is 11.6. The number of carbonyl (C=O) groups excluding carboxylic acids is 2. The molecule has 3 rings (SSSR count). The van der Waals surface area contributed by atoms with Crippen LogP contribution in [0.5, 0.6) is 5.75 Å². The summed E-state index contributed by atoms with van der Waals surface area (Å²) in [5.41, 5.74) is 0.151. The second-order valence-electron chi connectivity index (χ2n) is 4.17. The molecule has 1 saturated heterocycles. The molecular formula is C12H10O4. The number of methoxy groups -OCH3 is 1. The normalized spacial score (nSPS) is 30.9. The summed E-state index contributed by atoms with van der Waals surface area (Å²) in [4.78, 5) is 22.9. The highest BCUT2D eigenvalue weighted by Gasteiger charge is 2.71. The molecule has 0 amide bonds. The molecule has 4 nitrogen and oxygen atoms in total. The quantitative estimate of drug-likeness (QED) is 0.549. The van der Waals surface area contributed by atoms with Gasteiger partial charge in [0.1, 0.15) is 11.2 Å². The van der Waals surface area contributed by atoms with Gasteiger partial charge in [0.05, 0.1) is 13.0 Å². The topological polar surface area (TPSA) is 52.6 Å². The van der Waals surface area contributed by atoms with Gasteiger partial charge in [-0.1, -0.05) is 12.1 Å². The van der Waals surface area contributed by atoms with Crippen LogP contribution in [0, 0.1) is 5.92 Å². The van der Waals surface area contributed by atoms with Gasteiger partial charge in [-0.2, -0.15) is 0 Å². The van der Waals surface area contributed by atoms with Crippen molar-refractivity contribution in [3.05, 3.63) is 29.8 Å². The maximum Gasteiger partial charge on any atom is 0.325 e. The predicted molar refractivity (Wildman–Crippen MR) is 53.9 cm³/mol. The molecule has 82 valence electrons. The van der Waals surface area contributed by atoms with Crippen LogP contribution in [0.3, 0.4) is 0 Å². The average Bonchev–Trinajstić information content (AvgIpc) is 3.00. The molecule has 1 aromatic carbocycles. The lowest BCUT2D eigenvalue weighted by Crippen LogP contribution is -2.18. The molecule has 0 spiro atoms. The van der Waals surface area contributed by atoms with E-state index in [1.54, 1.807) is 19.2 Å². The number of fused-ring (bicyclic) bond motifs is 1. The van der Waals surface area contributed by atoms with Crippen LogP contribution in [0.1, 0.15) is 12.0 Å². The van der Waals surface area contributed by atoms with Gasteiger partial charge in [-0.25, -0.2) is 0 Å². The average molecular weight is 218 g/mol. The summed E-state index contributed by atoms with van der Waals surface area (Å²) in [5.74, 6) is -0.336. The van der Waals surface area contributed by atoms with Gasteiger partial charge in [-0.3, -0.25) is 9.59 Å². The molecule has 1 aromatic rings. The van der Waals surface area contributed by atoms with Crippen LogP contribution in [-0.2, 0) is 19.7 Å². The number of carbonyl (C=O) groups is 2. The second-order valence-corrected chi connectivity index (χ2v) is 4.17. The predicted octanol–water partition coefficient (Wildman–Crippen LogP) is 1.04. The lowest BCUT2D eigenvalue weighted by molar-refractivity contribution is -0.155. The van der Waals surface area contributed by atoms with Crippen molar-refractivity contribution in [1.82, 2.24) is 0 Å². The SMILES string of the molecule is COc1ccc(C23CC2C(=O)OC3=O)cc1. The third-order valence-corrected chi connectivity index (χ3v) is 3.41. The van der Waals surface area contributed by atoms with E-state index in [1.165, 1.54) is 0 Å². The van der Waals surface area contributed by atoms with Gasteiger partial charge in [0.2, 0.25) is 0 Å². The number of esters is 2. The second kappa shape index (κ2) is 2.84. The summed E-state index contributed by atoms with van der Waals surface area (Å²) >= 11 is 0. The molecule has 4 heteroatoms. The van der Waals surface area contributed by atoms with Gasteiger partial charge in [0, 0.05) is 0 Å². The third-order valence-electron chi connectivity index (χ3n) is 3.41. The van der Waals surface area contributed by atoms with E-state index in [0.29, 0.717) is 6.42 Å². The van der Waals surface area contributed by atoms with Crippen molar-refractivity contribution in [3.8, 4) is 5.75 Å². The van der Waals surface area contributed by atoms with Crippen LogP contribution < -0.4 is 4.74 Å². The number of hydrogen-bond acceptors (Lipinski definition) is 4. The largest absolute Gasteiger partial charge is 0.497 e. The summed E-state index contributed by atoms with van der Waals surface area (Å²) in [7, 11) is 1.58. The first-order valence-corrected chi connectivity index (χ1v) is 5.09. The molecule has 0 aromatic heterocycles. The van der Waals surface area contributed by atoms with Crippen molar-refractivity contribution >= 4 is 11.9 Å². The van der Waals surface area contributed by atoms with Gasteiger partial charge < -0.3 is 9.47 Å². The standard InChI is InChI=1S/C12H10O4/c1-15-8-4-2-7(3-5-8)12-6-9(12)10(13)16-11(12)14/h2-5,9H,6H2,1H3.